The number of hydrazone groups is 1. The smallest absolute Gasteiger partial charge is 0.250 e. The zero-order valence-corrected chi connectivity index (χ0v) is 20.1. The fourth-order valence-corrected chi connectivity index (χ4v) is 3.34. The zero-order chi connectivity index (χ0) is 23.8. The van der Waals surface area contributed by atoms with Crippen LogP contribution in [0.3, 0.4) is 0 Å². The molecule has 0 aliphatic rings. The topological polar surface area (TPSA) is 106 Å². The van der Waals surface area contributed by atoms with E-state index in [1.807, 2.05) is 72.8 Å². The molecule has 4 aromatic rings. The summed E-state index contributed by atoms with van der Waals surface area (Å²) in [7, 11) is 3.23. The Hall–Kier alpha value is -4.18. The predicted molar refractivity (Wildman–Crippen MR) is 138 cm³/mol. The highest BCUT2D eigenvalue weighted by molar-refractivity contribution is 9.10. The van der Waals surface area contributed by atoms with Gasteiger partial charge in [-0.2, -0.15) is 20.1 Å². The van der Waals surface area contributed by atoms with Gasteiger partial charge in [0.1, 0.15) is 11.5 Å². The largest absolute Gasteiger partial charge is 0.497 e. The van der Waals surface area contributed by atoms with E-state index in [4.69, 9.17) is 9.47 Å². The molecule has 10 heteroatoms. The number of para-hydroxylation sites is 1. The fraction of sp³-hybridized carbons (Fsp3) is 0.0833. The summed E-state index contributed by atoms with van der Waals surface area (Å²) >= 11 is 3.46. The number of nitrogens with one attached hydrogen (secondary N) is 3. The van der Waals surface area contributed by atoms with Gasteiger partial charge in [0.15, 0.2) is 0 Å². The molecule has 3 N–H and O–H groups in total. The first-order chi connectivity index (χ1) is 16.6. The summed E-state index contributed by atoms with van der Waals surface area (Å²) in [4.78, 5) is 13.3. The van der Waals surface area contributed by atoms with Crippen molar-refractivity contribution in [3.8, 4) is 11.5 Å². The Morgan fingerprint density at radius 2 is 1.41 bits per heavy atom. The third-order valence-electron chi connectivity index (χ3n) is 4.57. The van der Waals surface area contributed by atoms with Crippen LogP contribution in [0.15, 0.2) is 82.4 Å². The molecule has 0 bridgehead atoms. The van der Waals surface area contributed by atoms with E-state index in [1.54, 1.807) is 20.4 Å². The minimum Gasteiger partial charge on any atom is -0.497 e. The molecule has 34 heavy (non-hydrogen) atoms. The first-order valence-corrected chi connectivity index (χ1v) is 11.0. The summed E-state index contributed by atoms with van der Waals surface area (Å²) in [6, 6.07) is 22.7. The maximum absolute atomic E-state index is 5.38. The Kier molecular flexibility index (Phi) is 7.51. The highest BCUT2D eigenvalue weighted by Crippen LogP contribution is 2.22. The molecule has 9 nitrogen and oxygen atoms in total. The molecule has 0 aliphatic carbocycles. The molecule has 0 saturated carbocycles. The molecule has 0 atom stereocenters. The molecule has 0 radical (unpaired) electrons. The van der Waals surface area contributed by atoms with Crippen LogP contribution in [-0.2, 0) is 0 Å². The molecule has 0 unspecified atom stereocenters. The first kappa shape index (κ1) is 23.0. The summed E-state index contributed by atoms with van der Waals surface area (Å²) in [6.45, 7) is 0. The molecule has 0 spiro atoms. The zero-order valence-electron chi connectivity index (χ0n) is 18.5. The molecule has 3 aromatic carbocycles. The van der Waals surface area contributed by atoms with E-state index in [0.29, 0.717) is 17.6 Å². The van der Waals surface area contributed by atoms with Crippen LogP contribution < -0.4 is 25.5 Å². The minimum absolute atomic E-state index is 0.259. The van der Waals surface area contributed by atoms with E-state index < -0.39 is 0 Å². The first-order valence-electron chi connectivity index (χ1n) is 10.2. The summed E-state index contributed by atoms with van der Waals surface area (Å²) in [5, 5.41) is 10.6. The second-order valence-corrected chi connectivity index (χ2v) is 7.82. The summed E-state index contributed by atoms with van der Waals surface area (Å²) in [6.07, 6.45) is 1.63. The summed E-state index contributed by atoms with van der Waals surface area (Å²) in [5.41, 5.74) is 5.30. The average Bonchev–Trinajstić information content (AvgIpc) is 2.85. The Labute approximate surface area is 205 Å². The molecular formula is C24H22BrN7O2. The van der Waals surface area contributed by atoms with E-state index >= 15 is 0 Å². The molecule has 4 rings (SSSR count). The Balaban J connectivity index is 1.59. The number of benzene rings is 3. The Morgan fingerprint density at radius 3 is 2.06 bits per heavy atom. The molecule has 0 saturated heterocycles. The average molecular weight is 520 g/mol. The van der Waals surface area contributed by atoms with Crippen molar-refractivity contribution < 1.29 is 9.47 Å². The standard InChI is InChI=1S/C24H22BrN7O2/c1-33-20-11-9-19(10-12-20)28-23-29-22(27-18-6-4-3-5-7-18)30-24(31-23)32-26-15-16-14-17(25)8-13-21(16)34-2/h3-15H,1-2H3,(H3,27,28,29,30,31,32)/b26-15-. The Morgan fingerprint density at radius 1 is 0.765 bits per heavy atom. The number of anilines is 5. The number of ether oxygens (including phenoxy) is 2. The van der Waals surface area contributed by atoms with Gasteiger partial charge in [0.25, 0.3) is 0 Å². The third kappa shape index (κ3) is 6.20. The second kappa shape index (κ2) is 11.1. The van der Waals surface area contributed by atoms with Crippen molar-refractivity contribution in [2.75, 3.05) is 30.3 Å². The van der Waals surface area contributed by atoms with Crippen LogP contribution in [0.4, 0.5) is 29.2 Å². The molecule has 0 amide bonds. The predicted octanol–water partition coefficient (Wildman–Crippen LogP) is 5.58. The number of halogens is 1. The lowest BCUT2D eigenvalue weighted by atomic mass is 10.2. The van der Waals surface area contributed by atoms with Crippen LogP contribution in [0.5, 0.6) is 11.5 Å². The number of methoxy groups -OCH3 is 2. The number of hydrogen-bond donors (Lipinski definition) is 3. The Bertz CT molecular complexity index is 1270. The van der Waals surface area contributed by atoms with Crippen LogP contribution in [-0.4, -0.2) is 35.4 Å². The number of nitrogens with zero attached hydrogens (tertiary/aromatic N) is 4. The number of aromatic nitrogens is 3. The molecule has 0 fully saturated rings. The molecule has 1 heterocycles. The van der Waals surface area contributed by atoms with Gasteiger partial charge in [-0.05, 0) is 54.6 Å². The lowest BCUT2D eigenvalue weighted by Crippen LogP contribution is -2.07. The van der Waals surface area contributed by atoms with Crippen molar-refractivity contribution in [3.63, 3.8) is 0 Å². The summed E-state index contributed by atoms with van der Waals surface area (Å²) < 4.78 is 11.5. The molecular weight excluding hydrogens is 498 g/mol. The molecule has 1 aromatic heterocycles. The summed E-state index contributed by atoms with van der Waals surface area (Å²) in [5.74, 6) is 2.41. The van der Waals surface area contributed by atoms with E-state index in [0.717, 1.165) is 27.2 Å². The monoisotopic (exact) mass is 519 g/mol. The fourth-order valence-electron chi connectivity index (χ4n) is 2.96. The minimum atomic E-state index is 0.259. The lowest BCUT2D eigenvalue weighted by Gasteiger charge is -2.10. The van der Waals surface area contributed by atoms with Gasteiger partial charge >= 0.3 is 0 Å². The maximum atomic E-state index is 5.38. The molecule has 0 aliphatic heterocycles. The van der Waals surface area contributed by atoms with Gasteiger partial charge in [-0.25, -0.2) is 5.43 Å². The van der Waals surface area contributed by atoms with Crippen molar-refractivity contribution in [3.05, 3.63) is 82.8 Å². The van der Waals surface area contributed by atoms with Crippen LogP contribution in [0.1, 0.15) is 5.56 Å². The lowest BCUT2D eigenvalue weighted by molar-refractivity contribution is 0.414. The van der Waals surface area contributed by atoms with Gasteiger partial charge in [-0.1, -0.05) is 34.1 Å². The van der Waals surface area contributed by atoms with E-state index in [-0.39, 0.29) is 5.95 Å². The second-order valence-electron chi connectivity index (χ2n) is 6.91. The van der Waals surface area contributed by atoms with Gasteiger partial charge in [-0.3, -0.25) is 0 Å². The number of rotatable bonds is 9. The van der Waals surface area contributed by atoms with Crippen LogP contribution >= 0.6 is 15.9 Å². The van der Waals surface area contributed by atoms with Gasteiger partial charge in [-0.15, -0.1) is 0 Å². The highest BCUT2D eigenvalue weighted by atomic mass is 79.9. The van der Waals surface area contributed by atoms with Crippen LogP contribution in [0.2, 0.25) is 0 Å². The van der Waals surface area contributed by atoms with Crippen molar-refractivity contribution in [1.29, 1.82) is 0 Å². The van der Waals surface area contributed by atoms with Crippen molar-refractivity contribution in [2.24, 2.45) is 5.10 Å². The van der Waals surface area contributed by atoms with Crippen molar-refractivity contribution >= 4 is 51.4 Å². The normalized spacial score (nSPS) is 10.7. The van der Waals surface area contributed by atoms with Gasteiger partial charge in [0.05, 0.1) is 20.4 Å². The van der Waals surface area contributed by atoms with E-state index in [2.05, 4.69) is 52.0 Å². The SMILES string of the molecule is COc1ccc(Nc2nc(N/N=C\c3cc(Br)ccc3OC)nc(Nc3ccccc3)n2)cc1. The van der Waals surface area contributed by atoms with Gasteiger partial charge in [0, 0.05) is 21.4 Å². The maximum Gasteiger partial charge on any atom is 0.250 e. The van der Waals surface area contributed by atoms with E-state index in [1.165, 1.54) is 0 Å². The van der Waals surface area contributed by atoms with E-state index in [9.17, 15) is 0 Å². The van der Waals surface area contributed by atoms with Crippen LogP contribution in [0.25, 0.3) is 0 Å². The van der Waals surface area contributed by atoms with Crippen molar-refractivity contribution in [1.82, 2.24) is 15.0 Å². The number of hydrogen-bond acceptors (Lipinski definition) is 9. The van der Waals surface area contributed by atoms with Gasteiger partial charge < -0.3 is 20.1 Å². The third-order valence-corrected chi connectivity index (χ3v) is 5.06. The van der Waals surface area contributed by atoms with Crippen molar-refractivity contribution in [2.45, 2.75) is 0 Å². The van der Waals surface area contributed by atoms with Crippen LogP contribution in [0, 0.1) is 0 Å². The van der Waals surface area contributed by atoms with Gasteiger partial charge in [0.2, 0.25) is 17.8 Å². The quantitative estimate of drug-likeness (QED) is 0.194. The molecule has 172 valence electrons. The highest BCUT2D eigenvalue weighted by Gasteiger charge is 2.08.